The third-order valence-electron chi connectivity index (χ3n) is 4.68. The first-order chi connectivity index (χ1) is 12.9. The maximum Gasteiger partial charge on any atom is 0.196 e. The first-order valence-corrected chi connectivity index (χ1v) is 10.3. The van der Waals surface area contributed by atoms with E-state index in [1.165, 1.54) is 0 Å². The Bertz CT molecular complexity index is 1220. The molecule has 27 heavy (non-hydrogen) atoms. The molecular formula is C22H21ClN2OS. The van der Waals surface area contributed by atoms with Crippen molar-refractivity contribution in [3.63, 3.8) is 0 Å². The van der Waals surface area contributed by atoms with Gasteiger partial charge in [-0.3, -0.25) is 4.79 Å². The van der Waals surface area contributed by atoms with Gasteiger partial charge in [0, 0.05) is 26.5 Å². The molecule has 1 N–H and O–H groups in total. The fourth-order valence-electron chi connectivity index (χ4n) is 3.63. The number of hydrogen-bond donors (Lipinski definition) is 1. The minimum absolute atomic E-state index is 0.0133. The van der Waals surface area contributed by atoms with Gasteiger partial charge in [0.1, 0.15) is 5.82 Å². The Morgan fingerprint density at radius 3 is 2.67 bits per heavy atom. The summed E-state index contributed by atoms with van der Waals surface area (Å²) in [5, 5.41) is 6.40. The topological polar surface area (TPSA) is 42.0 Å². The lowest BCUT2D eigenvalue weighted by atomic mass is 10.0. The monoisotopic (exact) mass is 396 g/mol. The predicted molar refractivity (Wildman–Crippen MR) is 118 cm³/mol. The highest BCUT2D eigenvalue weighted by Crippen LogP contribution is 2.35. The van der Waals surface area contributed by atoms with Crippen LogP contribution in [-0.2, 0) is 0 Å². The van der Waals surface area contributed by atoms with Crippen LogP contribution in [0, 0.1) is 5.92 Å². The number of rotatable bonds is 4. The minimum atomic E-state index is 0.0133. The smallest absolute Gasteiger partial charge is 0.196 e. The molecule has 0 aliphatic heterocycles. The van der Waals surface area contributed by atoms with Gasteiger partial charge in [0.2, 0.25) is 0 Å². The highest BCUT2D eigenvalue weighted by molar-refractivity contribution is 7.25. The van der Waals surface area contributed by atoms with Crippen molar-refractivity contribution in [3.8, 4) is 0 Å². The molecule has 4 rings (SSSR count). The highest BCUT2D eigenvalue weighted by atomic mass is 35.5. The van der Waals surface area contributed by atoms with E-state index in [2.05, 4.69) is 26.1 Å². The maximum absolute atomic E-state index is 13.4. The van der Waals surface area contributed by atoms with Crippen LogP contribution in [0.15, 0.2) is 47.3 Å². The molecule has 0 aliphatic rings. The van der Waals surface area contributed by atoms with Crippen LogP contribution < -0.4 is 10.7 Å². The average Bonchev–Trinajstić information content (AvgIpc) is 2.62. The van der Waals surface area contributed by atoms with Gasteiger partial charge in [0.25, 0.3) is 0 Å². The number of aromatic nitrogens is 1. The second-order valence-electron chi connectivity index (χ2n) is 7.43. The molecular weight excluding hydrogens is 376 g/mol. The molecule has 0 saturated heterocycles. The number of fused-ring (bicyclic) bond motifs is 4. The summed E-state index contributed by atoms with van der Waals surface area (Å²) in [6.45, 7) is 6.58. The van der Waals surface area contributed by atoms with Crippen molar-refractivity contribution >= 4 is 59.8 Å². The maximum atomic E-state index is 13.4. The lowest BCUT2D eigenvalue weighted by Gasteiger charge is -2.18. The quantitative estimate of drug-likeness (QED) is 0.318. The summed E-state index contributed by atoms with van der Waals surface area (Å²) in [5.41, 5.74) is 0.842. The third-order valence-corrected chi connectivity index (χ3v) is 6.09. The molecule has 1 atom stereocenters. The van der Waals surface area contributed by atoms with Gasteiger partial charge >= 0.3 is 0 Å². The number of hydrogen-bond acceptors (Lipinski definition) is 4. The van der Waals surface area contributed by atoms with Crippen molar-refractivity contribution in [1.82, 2.24) is 4.98 Å². The number of nitrogens with zero attached hydrogens (tertiary/aromatic N) is 1. The molecule has 5 heteroatoms. The second kappa shape index (κ2) is 7.10. The molecule has 0 saturated carbocycles. The molecule has 0 spiro atoms. The predicted octanol–water partition coefficient (Wildman–Crippen LogP) is 6.46. The van der Waals surface area contributed by atoms with Gasteiger partial charge in [-0.05, 0) is 43.5 Å². The molecule has 0 bridgehead atoms. The Hall–Kier alpha value is -2.17. The second-order valence-corrected chi connectivity index (χ2v) is 8.92. The van der Waals surface area contributed by atoms with Crippen LogP contribution in [0.2, 0.25) is 5.02 Å². The van der Waals surface area contributed by atoms with E-state index in [1.807, 2.05) is 36.4 Å². The summed E-state index contributed by atoms with van der Waals surface area (Å²) in [6, 6.07) is 13.6. The molecule has 2 aromatic carbocycles. The van der Waals surface area contributed by atoms with Gasteiger partial charge in [-0.2, -0.15) is 0 Å². The molecule has 1 unspecified atom stereocenters. The van der Waals surface area contributed by atoms with Crippen molar-refractivity contribution in [2.75, 3.05) is 5.32 Å². The van der Waals surface area contributed by atoms with E-state index in [0.717, 1.165) is 37.9 Å². The molecule has 4 aromatic rings. The van der Waals surface area contributed by atoms with E-state index in [4.69, 9.17) is 16.6 Å². The van der Waals surface area contributed by atoms with Crippen LogP contribution in [0.5, 0.6) is 0 Å². The van der Waals surface area contributed by atoms with E-state index >= 15 is 0 Å². The standard InChI is InChI=1S/C22H21ClN2OS/c1-12(2)10-13(3)24-22-21-19(15-6-4-5-7-17(15)25-22)20(26)16-11-14(23)8-9-18(16)27-21/h4-9,11-13H,10H2,1-3H3,(H,24,25). The summed E-state index contributed by atoms with van der Waals surface area (Å²) < 4.78 is 1.83. The van der Waals surface area contributed by atoms with E-state index in [-0.39, 0.29) is 11.5 Å². The zero-order chi connectivity index (χ0) is 19.1. The Balaban J connectivity index is 2.06. The first kappa shape index (κ1) is 18.2. The van der Waals surface area contributed by atoms with E-state index in [1.54, 1.807) is 17.4 Å². The molecule has 2 aromatic heterocycles. The van der Waals surface area contributed by atoms with Crippen molar-refractivity contribution in [2.24, 2.45) is 5.92 Å². The largest absolute Gasteiger partial charge is 0.366 e. The lowest BCUT2D eigenvalue weighted by Crippen LogP contribution is -2.19. The van der Waals surface area contributed by atoms with E-state index in [9.17, 15) is 4.79 Å². The van der Waals surface area contributed by atoms with E-state index in [0.29, 0.717) is 16.3 Å². The van der Waals surface area contributed by atoms with Gasteiger partial charge in [-0.1, -0.05) is 43.6 Å². The van der Waals surface area contributed by atoms with Crippen LogP contribution >= 0.6 is 22.9 Å². The Morgan fingerprint density at radius 2 is 1.89 bits per heavy atom. The molecule has 0 fully saturated rings. The van der Waals surface area contributed by atoms with Crippen LogP contribution in [0.1, 0.15) is 27.2 Å². The van der Waals surface area contributed by atoms with Gasteiger partial charge in [0.05, 0.1) is 15.6 Å². The normalized spacial score (nSPS) is 12.9. The number of para-hydroxylation sites is 1. The molecule has 0 amide bonds. The number of halogens is 1. The third kappa shape index (κ3) is 3.40. The summed E-state index contributed by atoms with van der Waals surface area (Å²) in [6.07, 6.45) is 1.04. The van der Waals surface area contributed by atoms with E-state index < -0.39 is 0 Å². The molecule has 0 radical (unpaired) electrons. The number of benzene rings is 2. The lowest BCUT2D eigenvalue weighted by molar-refractivity contribution is 0.539. The summed E-state index contributed by atoms with van der Waals surface area (Å²) in [7, 11) is 0. The van der Waals surface area contributed by atoms with Crippen molar-refractivity contribution < 1.29 is 0 Å². The Labute approximate surface area is 167 Å². The molecule has 2 heterocycles. The van der Waals surface area contributed by atoms with Crippen molar-refractivity contribution in [1.29, 1.82) is 0 Å². The Morgan fingerprint density at radius 1 is 1.11 bits per heavy atom. The zero-order valence-corrected chi connectivity index (χ0v) is 17.1. The number of anilines is 1. The SMILES string of the molecule is CC(C)CC(C)Nc1nc2ccccc2c2c(=O)c3cc(Cl)ccc3sc12. The van der Waals surface area contributed by atoms with Crippen LogP contribution in [0.25, 0.3) is 31.1 Å². The molecule has 138 valence electrons. The number of nitrogens with one attached hydrogen (secondary N) is 1. The van der Waals surface area contributed by atoms with Gasteiger partial charge in [0.15, 0.2) is 5.43 Å². The van der Waals surface area contributed by atoms with Crippen molar-refractivity contribution in [3.05, 3.63) is 57.7 Å². The van der Waals surface area contributed by atoms with Crippen LogP contribution in [-0.4, -0.2) is 11.0 Å². The zero-order valence-electron chi connectivity index (χ0n) is 15.5. The minimum Gasteiger partial charge on any atom is -0.366 e. The van der Waals surface area contributed by atoms with Gasteiger partial charge < -0.3 is 5.32 Å². The summed E-state index contributed by atoms with van der Waals surface area (Å²) >= 11 is 7.74. The number of pyridine rings is 1. The van der Waals surface area contributed by atoms with Crippen LogP contribution in [0.4, 0.5) is 5.82 Å². The molecule has 0 aliphatic carbocycles. The fraction of sp³-hybridized carbons (Fsp3) is 0.273. The highest BCUT2D eigenvalue weighted by Gasteiger charge is 2.16. The fourth-order valence-corrected chi connectivity index (χ4v) is 4.93. The van der Waals surface area contributed by atoms with Crippen LogP contribution in [0.3, 0.4) is 0 Å². The van der Waals surface area contributed by atoms with Crippen molar-refractivity contribution in [2.45, 2.75) is 33.2 Å². The van der Waals surface area contributed by atoms with Gasteiger partial charge in [-0.15, -0.1) is 11.3 Å². The molecule has 3 nitrogen and oxygen atoms in total. The summed E-state index contributed by atoms with van der Waals surface area (Å²) in [5.74, 6) is 1.37. The summed E-state index contributed by atoms with van der Waals surface area (Å²) in [4.78, 5) is 18.2. The Kier molecular flexibility index (Phi) is 4.79. The average molecular weight is 397 g/mol. The first-order valence-electron chi connectivity index (χ1n) is 9.15. The van der Waals surface area contributed by atoms with Gasteiger partial charge in [-0.25, -0.2) is 4.98 Å².